The van der Waals surface area contributed by atoms with Crippen molar-refractivity contribution < 1.29 is 8.42 Å². The van der Waals surface area contributed by atoms with Gasteiger partial charge in [-0.25, -0.2) is 13.6 Å². The van der Waals surface area contributed by atoms with E-state index in [4.69, 9.17) is 16.7 Å². The van der Waals surface area contributed by atoms with Gasteiger partial charge in [-0.15, -0.1) is 0 Å². The van der Waals surface area contributed by atoms with E-state index in [1.807, 2.05) is 0 Å². The monoisotopic (exact) mass is 234 g/mol. The molecule has 0 saturated heterocycles. The third-order valence-corrected chi connectivity index (χ3v) is 3.08. The van der Waals surface area contributed by atoms with Crippen LogP contribution >= 0.6 is 11.6 Å². The molecule has 1 rings (SSSR count). The summed E-state index contributed by atoms with van der Waals surface area (Å²) < 4.78 is 22.0. The highest BCUT2D eigenvalue weighted by Crippen LogP contribution is 2.21. The van der Waals surface area contributed by atoms with E-state index in [0.717, 1.165) is 5.56 Å². The first-order chi connectivity index (χ1) is 6.45. The van der Waals surface area contributed by atoms with Crippen LogP contribution in [0.2, 0.25) is 5.02 Å². The minimum Gasteiger partial charge on any atom is -0.316 e. The molecule has 0 heterocycles. The first-order valence-electron chi connectivity index (χ1n) is 3.91. The molecule has 4 nitrogen and oxygen atoms in total. The maximum absolute atomic E-state index is 11.0. The highest BCUT2D eigenvalue weighted by atomic mass is 35.5. The van der Waals surface area contributed by atoms with E-state index < -0.39 is 10.0 Å². The topological polar surface area (TPSA) is 72.2 Å². The van der Waals surface area contributed by atoms with Crippen LogP contribution in [0.5, 0.6) is 0 Å². The van der Waals surface area contributed by atoms with Crippen molar-refractivity contribution in [2.45, 2.75) is 11.4 Å². The zero-order valence-corrected chi connectivity index (χ0v) is 9.19. The third kappa shape index (κ3) is 2.68. The molecule has 6 heteroatoms. The molecule has 3 N–H and O–H groups in total. The maximum Gasteiger partial charge on any atom is 0.239 e. The summed E-state index contributed by atoms with van der Waals surface area (Å²) in [6.45, 7) is 0.630. The first-order valence-corrected chi connectivity index (χ1v) is 5.83. The van der Waals surface area contributed by atoms with Crippen LogP contribution in [0.25, 0.3) is 0 Å². The molecule has 0 saturated carbocycles. The van der Waals surface area contributed by atoms with Crippen molar-refractivity contribution in [1.29, 1.82) is 0 Å². The maximum atomic E-state index is 11.0. The Kier molecular flexibility index (Phi) is 3.49. The second-order valence-corrected chi connectivity index (χ2v) is 4.78. The van der Waals surface area contributed by atoms with Crippen LogP contribution < -0.4 is 10.5 Å². The molecule has 0 radical (unpaired) electrons. The van der Waals surface area contributed by atoms with Gasteiger partial charge in [0.1, 0.15) is 4.90 Å². The highest BCUT2D eigenvalue weighted by Gasteiger charge is 2.12. The Morgan fingerprint density at radius 3 is 2.57 bits per heavy atom. The van der Waals surface area contributed by atoms with Gasteiger partial charge in [0, 0.05) is 6.54 Å². The zero-order valence-electron chi connectivity index (χ0n) is 7.62. The lowest BCUT2D eigenvalue weighted by Crippen LogP contribution is -2.13. The number of hydrogen-bond donors (Lipinski definition) is 2. The lowest BCUT2D eigenvalue weighted by atomic mass is 10.2. The molecule has 14 heavy (non-hydrogen) atoms. The quantitative estimate of drug-likeness (QED) is 0.809. The number of hydrogen-bond acceptors (Lipinski definition) is 3. The number of benzene rings is 1. The van der Waals surface area contributed by atoms with Gasteiger partial charge in [-0.2, -0.15) is 0 Å². The molecule has 0 fully saturated rings. The van der Waals surface area contributed by atoms with Crippen molar-refractivity contribution in [3.05, 3.63) is 28.8 Å². The summed E-state index contributed by atoms with van der Waals surface area (Å²) in [6, 6.07) is 4.66. The molecule has 78 valence electrons. The minimum absolute atomic E-state index is 0.0426. The van der Waals surface area contributed by atoms with Crippen molar-refractivity contribution in [3.8, 4) is 0 Å². The lowest BCUT2D eigenvalue weighted by molar-refractivity contribution is 0.598. The number of nitrogens with one attached hydrogen (secondary N) is 1. The molecule has 0 spiro atoms. The zero-order chi connectivity index (χ0) is 10.8. The van der Waals surface area contributed by atoms with E-state index in [0.29, 0.717) is 6.54 Å². The van der Waals surface area contributed by atoms with Crippen molar-refractivity contribution in [2.24, 2.45) is 5.14 Å². The van der Waals surface area contributed by atoms with Crippen LogP contribution in [-0.4, -0.2) is 15.5 Å². The van der Waals surface area contributed by atoms with E-state index in [1.165, 1.54) is 6.07 Å². The van der Waals surface area contributed by atoms with E-state index in [9.17, 15) is 8.42 Å². The summed E-state index contributed by atoms with van der Waals surface area (Å²) in [5.41, 5.74) is 0.907. The van der Waals surface area contributed by atoms with E-state index in [1.54, 1.807) is 19.2 Å². The van der Waals surface area contributed by atoms with Gasteiger partial charge < -0.3 is 5.32 Å². The summed E-state index contributed by atoms with van der Waals surface area (Å²) in [6.07, 6.45) is 0. The van der Waals surface area contributed by atoms with Crippen LogP contribution in [-0.2, 0) is 16.6 Å². The number of nitrogens with two attached hydrogens (primary N) is 1. The standard InChI is InChI=1S/C8H11ClN2O2S/c1-11-5-6-2-3-8(7(9)4-6)14(10,12)13/h2-4,11H,5H2,1H3,(H2,10,12,13). The van der Waals surface area contributed by atoms with Crippen LogP contribution in [0, 0.1) is 0 Å². The fraction of sp³-hybridized carbons (Fsp3) is 0.250. The van der Waals surface area contributed by atoms with Crippen molar-refractivity contribution in [2.75, 3.05) is 7.05 Å². The first kappa shape index (κ1) is 11.5. The van der Waals surface area contributed by atoms with E-state index >= 15 is 0 Å². The molecular weight excluding hydrogens is 224 g/mol. The van der Waals surface area contributed by atoms with Gasteiger partial charge in [0.2, 0.25) is 10.0 Å². The fourth-order valence-corrected chi connectivity index (χ4v) is 2.20. The predicted octanol–water partition coefficient (Wildman–Crippen LogP) is 0.707. The fourth-order valence-electron chi connectivity index (χ4n) is 1.09. The molecule has 0 aromatic heterocycles. The van der Waals surface area contributed by atoms with Crippen molar-refractivity contribution in [3.63, 3.8) is 0 Å². The van der Waals surface area contributed by atoms with E-state index in [2.05, 4.69) is 5.32 Å². The second-order valence-electron chi connectivity index (χ2n) is 2.84. The average molecular weight is 235 g/mol. The molecule has 0 amide bonds. The third-order valence-electron chi connectivity index (χ3n) is 1.68. The molecule has 0 aliphatic heterocycles. The van der Waals surface area contributed by atoms with Gasteiger partial charge >= 0.3 is 0 Å². The summed E-state index contributed by atoms with van der Waals surface area (Å²) >= 11 is 5.76. The van der Waals surface area contributed by atoms with Gasteiger partial charge in [0.15, 0.2) is 0 Å². The van der Waals surface area contributed by atoms with Crippen molar-refractivity contribution >= 4 is 21.6 Å². The molecular formula is C8H11ClN2O2S. The molecule has 1 aromatic rings. The van der Waals surface area contributed by atoms with Gasteiger partial charge in [-0.1, -0.05) is 17.7 Å². The SMILES string of the molecule is CNCc1ccc(S(N)(=O)=O)c(Cl)c1. The summed E-state index contributed by atoms with van der Waals surface area (Å²) in [5, 5.41) is 8.04. The largest absolute Gasteiger partial charge is 0.316 e. The Bertz CT molecular complexity index is 431. The Morgan fingerprint density at radius 2 is 2.14 bits per heavy atom. The Balaban J connectivity index is 3.15. The minimum atomic E-state index is -3.72. The molecule has 0 aliphatic carbocycles. The summed E-state index contributed by atoms with van der Waals surface area (Å²) in [4.78, 5) is -0.0426. The number of halogens is 1. The smallest absolute Gasteiger partial charge is 0.239 e. The van der Waals surface area contributed by atoms with Crippen LogP contribution in [0.3, 0.4) is 0 Å². The summed E-state index contributed by atoms with van der Waals surface area (Å²) in [7, 11) is -1.92. The van der Waals surface area contributed by atoms with Crippen LogP contribution in [0.4, 0.5) is 0 Å². The Hall–Kier alpha value is -0.620. The second kappa shape index (κ2) is 4.27. The van der Waals surface area contributed by atoms with Gasteiger partial charge in [0.05, 0.1) is 5.02 Å². The van der Waals surface area contributed by atoms with Gasteiger partial charge in [-0.05, 0) is 24.7 Å². The summed E-state index contributed by atoms with van der Waals surface area (Å²) in [5.74, 6) is 0. The average Bonchev–Trinajstić information content (AvgIpc) is 2.02. The normalized spacial score (nSPS) is 11.6. The predicted molar refractivity (Wildman–Crippen MR) is 55.6 cm³/mol. The molecule has 0 bridgehead atoms. The Labute approximate surface area is 88.1 Å². The number of rotatable bonds is 3. The molecule has 0 atom stereocenters. The van der Waals surface area contributed by atoms with Gasteiger partial charge in [-0.3, -0.25) is 0 Å². The van der Waals surface area contributed by atoms with Crippen LogP contribution in [0.1, 0.15) is 5.56 Å². The lowest BCUT2D eigenvalue weighted by Gasteiger charge is -2.04. The molecule has 1 aromatic carbocycles. The number of sulfonamides is 1. The molecule has 0 aliphatic rings. The molecule has 0 unspecified atom stereocenters. The van der Waals surface area contributed by atoms with Gasteiger partial charge in [0.25, 0.3) is 0 Å². The van der Waals surface area contributed by atoms with Crippen LogP contribution in [0.15, 0.2) is 23.1 Å². The van der Waals surface area contributed by atoms with Crippen molar-refractivity contribution in [1.82, 2.24) is 5.32 Å². The van der Waals surface area contributed by atoms with E-state index in [-0.39, 0.29) is 9.92 Å². The highest BCUT2D eigenvalue weighted by molar-refractivity contribution is 7.89. The Morgan fingerprint density at radius 1 is 1.50 bits per heavy atom. The number of primary sulfonamides is 1.